The Labute approximate surface area is 107 Å². The number of esters is 1. The second-order valence-corrected chi connectivity index (χ2v) is 4.32. The highest BCUT2D eigenvalue weighted by atomic mass is 16.5. The van der Waals surface area contributed by atoms with Crippen molar-refractivity contribution in [2.75, 3.05) is 20.7 Å². The minimum Gasteiger partial charge on any atom is -0.469 e. The molecular weight excluding hydrogens is 238 g/mol. The van der Waals surface area contributed by atoms with E-state index < -0.39 is 18.0 Å². The summed E-state index contributed by atoms with van der Waals surface area (Å²) in [4.78, 5) is 35.2. The van der Waals surface area contributed by atoms with Crippen LogP contribution < -0.4 is 11.1 Å². The molecule has 18 heavy (non-hydrogen) atoms. The standard InChI is InChI=1S/C11H21N3O4/c1-7(2)9(13-11(12)17)10(16)14(3)6-5-8(15)18-4/h7,9H,5-6H2,1-4H3,(H3,12,13,17). The molecular formula is C11H21N3O4. The molecule has 3 N–H and O–H groups in total. The highest BCUT2D eigenvalue weighted by Gasteiger charge is 2.26. The summed E-state index contributed by atoms with van der Waals surface area (Å²) in [6.07, 6.45) is 0.111. The van der Waals surface area contributed by atoms with Gasteiger partial charge in [-0.1, -0.05) is 13.8 Å². The average molecular weight is 259 g/mol. The summed E-state index contributed by atoms with van der Waals surface area (Å²) in [5.41, 5.74) is 5.02. The monoisotopic (exact) mass is 259 g/mol. The first kappa shape index (κ1) is 16.2. The average Bonchev–Trinajstić information content (AvgIpc) is 2.30. The van der Waals surface area contributed by atoms with Crippen molar-refractivity contribution in [3.05, 3.63) is 0 Å². The lowest BCUT2D eigenvalue weighted by Crippen LogP contribution is -2.52. The first-order chi connectivity index (χ1) is 8.29. The molecule has 0 bridgehead atoms. The maximum absolute atomic E-state index is 12.0. The van der Waals surface area contributed by atoms with Crippen LogP contribution in [0.4, 0.5) is 4.79 Å². The summed E-state index contributed by atoms with van der Waals surface area (Å²) in [7, 11) is 2.85. The number of methoxy groups -OCH3 is 1. The molecule has 0 fully saturated rings. The quantitative estimate of drug-likeness (QED) is 0.639. The van der Waals surface area contributed by atoms with Crippen LogP contribution in [0.3, 0.4) is 0 Å². The Hall–Kier alpha value is -1.79. The number of nitrogens with two attached hydrogens (primary N) is 1. The van der Waals surface area contributed by atoms with Crippen LogP contribution in [0.2, 0.25) is 0 Å². The molecule has 0 spiro atoms. The van der Waals surface area contributed by atoms with E-state index in [1.54, 1.807) is 20.9 Å². The van der Waals surface area contributed by atoms with Crippen molar-refractivity contribution >= 4 is 17.9 Å². The van der Waals surface area contributed by atoms with E-state index in [4.69, 9.17) is 5.73 Å². The predicted octanol–water partition coefficient (Wildman–Crippen LogP) is -0.299. The van der Waals surface area contributed by atoms with Gasteiger partial charge in [-0.25, -0.2) is 4.79 Å². The smallest absolute Gasteiger partial charge is 0.312 e. The summed E-state index contributed by atoms with van der Waals surface area (Å²) < 4.78 is 4.49. The highest BCUT2D eigenvalue weighted by molar-refractivity contribution is 5.86. The number of carbonyl (C=O) groups excluding carboxylic acids is 3. The van der Waals surface area contributed by atoms with Gasteiger partial charge in [-0.2, -0.15) is 0 Å². The van der Waals surface area contributed by atoms with Gasteiger partial charge in [0.05, 0.1) is 13.5 Å². The Morgan fingerprint density at radius 1 is 1.33 bits per heavy atom. The van der Waals surface area contributed by atoms with Crippen LogP contribution in [0, 0.1) is 5.92 Å². The molecule has 0 saturated carbocycles. The van der Waals surface area contributed by atoms with Crippen LogP contribution in [0.1, 0.15) is 20.3 Å². The zero-order valence-corrected chi connectivity index (χ0v) is 11.2. The topological polar surface area (TPSA) is 102 Å². The van der Waals surface area contributed by atoms with Crippen molar-refractivity contribution in [3.63, 3.8) is 0 Å². The Bertz CT molecular complexity index is 317. The number of likely N-dealkylation sites (N-methyl/N-ethyl adjacent to an activating group) is 1. The van der Waals surface area contributed by atoms with Crippen LogP contribution >= 0.6 is 0 Å². The van der Waals surface area contributed by atoms with Crippen molar-refractivity contribution in [3.8, 4) is 0 Å². The number of urea groups is 1. The van der Waals surface area contributed by atoms with Gasteiger partial charge in [0.15, 0.2) is 0 Å². The predicted molar refractivity (Wildman–Crippen MR) is 65.6 cm³/mol. The number of hydrogen-bond donors (Lipinski definition) is 2. The van der Waals surface area contributed by atoms with Gasteiger partial charge >= 0.3 is 12.0 Å². The minimum atomic E-state index is -0.747. The van der Waals surface area contributed by atoms with E-state index in [0.717, 1.165) is 0 Å². The van der Waals surface area contributed by atoms with Gasteiger partial charge in [0.2, 0.25) is 5.91 Å². The summed E-state index contributed by atoms with van der Waals surface area (Å²) in [5, 5.41) is 2.39. The van der Waals surface area contributed by atoms with Crippen LogP contribution in [-0.4, -0.2) is 49.6 Å². The lowest BCUT2D eigenvalue weighted by Gasteiger charge is -2.26. The van der Waals surface area contributed by atoms with Gasteiger partial charge in [-0.15, -0.1) is 0 Å². The van der Waals surface area contributed by atoms with Gasteiger partial charge in [-0.05, 0) is 5.92 Å². The fraction of sp³-hybridized carbons (Fsp3) is 0.727. The molecule has 7 nitrogen and oxygen atoms in total. The van der Waals surface area contributed by atoms with Crippen molar-refractivity contribution in [2.24, 2.45) is 11.7 Å². The summed E-state index contributed by atoms with van der Waals surface area (Å²) in [5.74, 6) is -0.767. The Morgan fingerprint density at radius 2 is 1.89 bits per heavy atom. The molecule has 104 valence electrons. The molecule has 0 aliphatic rings. The van der Waals surface area contributed by atoms with E-state index in [1.165, 1.54) is 12.0 Å². The SMILES string of the molecule is COC(=O)CCN(C)C(=O)C(NC(N)=O)C(C)C. The van der Waals surface area contributed by atoms with E-state index in [1.807, 2.05) is 0 Å². The third-order valence-electron chi connectivity index (χ3n) is 2.49. The van der Waals surface area contributed by atoms with Gasteiger partial charge < -0.3 is 20.7 Å². The molecule has 7 heteroatoms. The van der Waals surface area contributed by atoms with Crippen molar-refractivity contribution in [1.82, 2.24) is 10.2 Å². The van der Waals surface area contributed by atoms with E-state index in [9.17, 15) is 14.4 Å². The zero-order valence-electron chi connectivity index (χ0n) is 11.2. The number of amides is 3. The second-order valence-electron chi connectivity index (χ2n) is 4.32. The van der Waals surface area contributed by atoms with Crippen molar-refractivity contribution in [2.45, 2.75) is 26.3 Å². The summed E-state index contributed by atoms with van der Waals surface area (Å²) in [6.45, 7) is 3.83. The third kappa shape index (κ3) is 5.51. The third-order valence-corrected chi connectivity index (χ3v) is 2.49. The molecule has 0 aromatic carbocycles. The first-order valence-electron chi connectivity index (χ1n) is 5.67. The lowest BCUT2D eigenvalue weighted by atomic mass is 10.0. The van der Waals surface area contributed by atoms with Crippen LogP contribution in [-0.2, 0) is 14.3 Å². The largest absolute Gasteiger partial charge is 0.469 e. The highest BCUT2D eigenvalue weighted by Crippen LogP contribution is 2.05. The van der Waals surface area contributed by atoms with Crippen LogP contribution in [0.5, 0.6) is 0 Å². The summed E-state index contributed by atoms with van der Waals surface area (Å²) >= 11 is 0. The van der Waals surface area contributed by atoms with Crippen molar-refractivity contribution < 1.29 is 19.1 Å². The maximum Gasteiger partial charge on any atom is 0.312 e. The van der Waals surface area contributed by atoms with E-state index in [2.05, 4.69) is 10.1 Å². The van der Waals surface area contributed by atoms with E-state index in [0.29, 0.717) is 0 Å². The van der Waals surface area contributed by atoms with Crippen LogP contribution in [0.15, 0.2) is 0 Å². The second kappa shape index (κ2) is 7.52. The molecule has 0 aliphatic carbocycles. The Balaban J connectivity index is 4.47. The fourth-order valence-corrected chi connectivity index (χ4v) is 1.38. The van der Waals surface area contributed by atoms with Gasteiger partial charge in [0.1, 0.15) is 6.04 Å². The Kier molecular flexibility index (Phi) is 6.77. The zero-order chi connectivity index (χ0) is 14.3. The number of carbonyl (C=O) groups is 3. The van der Waals surface area contributed by atoms with Gasteiger partial charge in [-0.3, -0.25) is 9.59 Å². The number of nitrogens with zero attached hydrogens (tertiary/aromatic N) is 1. The van der Waals surface area contributed by atoms with Crippen LogP contribution in [0.25, 0.3) is 0 Å². The molecule has 1 unspecified atom stereocenters. The lowest BCUT2D eigenvalue weighted by molar-refractivity contribution is -0.141. The molecule has 0 heterocycles. The fourth-order valence-electron chi connectivity index (χ4n) is 1.38. The van der Waals surface area contributed by atoms with Gasteiger partial charge in [0.25, 0.3) is 0 Å². The Morgan fingerprint density at radius 3 is 2.28 bits per heavy atom. The summed E-state index contributed by atoms with van der Waals surface area (Å²) in [6, 6.07) is -1.44. The van der Waals surface area contributed by atoms with E-state index >= 15 is 0 Å². The molecule has 0 aromatic heterocycles. The molecule has 0 radical (unpaired) electrons. The molecule has 1 atom stereocenters. The normalized spacial score (nSPS) is 11.8. The number of rotatable bonds is 6. The molecule has 0 rings (SSSR count). The maximum atomic E-state index is 12.0. The van der Waals surface area contributed by atoms with Gasteiger partial charge in [0, 0.05) is 13.6 Å². The molecule has 3 amide bonds. The number of hydrogen-bond acceptors (Lipinski definition) is 4. The van der Waals surface area contributed by atoms with E-state index in [-0.39, 0.29) is 24.8 Å². The first-order valence-corrected chi connectivity index (χ1v) is 5.67. The minimum absolute atomic E-state index is 0.0921. The molecule has 0 saturated heterocycles. The molecule has 0 aromatic rings. The van der Waals surface area contributed by atoms with Crippen molar-refractivity contribution in [1.29, 1.82) is 0 Å². The molecule has 0 aliphatic heterocycles. The number of primary amides is 1. The number of ether oxygens (including phenoxy) is 1. The number of nitrogens with one attached hydrogen (secondary N) is 1.